The number of likely N-dealkylation sites (N-methyl/N-ethyl adjacent to an activating group) is 2. The average Bonchev–Trinajstić information content (AvgIpc) is 3.37. The molecule has 9 nitrogen and oxygen atoms in total. The number of carbonyl (C=O) groups excluding carboxylic acids is 1. The zero-order valence-electron chi connectivity index (χ0n) is 24.2. The van der Waals surface area contributed by atoms with Crippen LogP contribution in [0.2, 0.25) is 0 Å². The van der Waals surface area contributed by atoms with Gasteiger partial charge in [0.25, 0.3) is 15.9 Å². The Morgan fingerprint density at radius 1 is 0.902 bits per heavy atom. The molecule has 0 aliphatic carbocycles. The number of methoxy groups -OCH3 is 1. The SMILES string of the molecule is COc1ccc(NS(=O)(=O)c2ccc(-c3ccc(C(=O)NC4CCN(C)C4)cc3C)cc2)cc1N1CCN(C)CC1. The Morgan fingerprint density at radius 2 is 1.63 bits per heavy atom. The molecule has 0 aromatic heterocycles. The number of rotatable bonds is 8. The third kappa shape index (κ3) is 6.66. The van der Waals surface area contributed by atoms with E-state index < -0.39 is 10.0 Å². The van der Waals surface area contributed by atoms with Crippen molar-refractivity contribution in [1.29, 1.82) is 0 Å². The molecular formula is C31H39N5O4S. The molecule has 1 atom stereocenters. The van der Waals surface area contributed by atoms with Gasteiger partial charge in [-0.3, -0.25) is 9.52 Å². The van der Waals surface area contributed by atoms with Crippen molar-refractivity contribution in [3.63, 3.8) is 0 Å². The first-order chi connectivity index (χ1) is 19.6. The highest BCUT2D eigenvalue weighted by molar-refractivity contribution is 7.92. The average molecular weight is 578 g/mol. The maximum absolute atomic E-state index is 13.3. The molecule has 2 fully saturated rings. The smallest absolute Gasteiger partial charge is 0.261 e. The van der Waals surface area contributed by atoms with E-state index in [-0.39, 0.29) is 16.8 Å². The van der Waals surface area contributed by atoms with Gasteiger partial charge in [0.2, 0.25) is 0 Å². The van der Waals surface area contributed by atoms with Gasteiger partial charge >= 0.3 is 0 Å². The van der Waals surface area contributed by atoms with Crippen LogP contribution in [0.4, 0.5) is 11.4 Å². The fourth-order valence-corrected chi connectivity index (χ4v) is 6.58. The normalized spacial score (nSPS) is 18.3. The van der Waals surface area contributed by atoms with Crippen molar-refractivity contribution >= 4 is 27.3 Å². The van der Waals surface area contributed by atoms with Crippen molar-refractivity contribution in [2.75, 3.05) is 70.1 Å². The summed E-state index contributed by atoms with van der Waals surface area (Å²) >= 11 is 0. The number of hydrogen-bond donors (Lipinski definition) is 2. The highest BCUT2D eigenvalue weighted by Crippen LogP contribution is 2.33. The molecule has 0 bridgehead atoms. The number of nitrogens with one attached hydrogen (secondary N) is 2. The number of hydrogen-bond acceptors (Lipinski definition) is 7. The zero-order valence-corrected chi connectivity index (χ0v) is 25.0. The number of likely N-dealkylation sites (tertiary alicyclic amines) is 1. The van der Waals surface area contributed by atoms with Crippen LogP contribution >= 0.6 is 0 Å². The Kier molecular flexibility index (Phi) is 8.53. The summed E-state index contributed by atoms with van der Waals surface area (Å²) in [6.45, 7) is 7.35. The fourth-order valence-electron chi connectivity index (χ4n) is 5.53. The topological polar surface area (TPSA) is 94.2 Å². The first kappa shape index (κ1) is 28.9. The van der Waals surface area contributed by atoms with Crippen LogP contribution in [-0.2, 0) is 10.0 Å². The Bertz CT molecular complexity index is 1500. The van der Waals surface area contributed by atoms with E-state index >= 15 is 0 Å². The predicted molar refractivity (Wildman–Crippen MR) is 163 cm³/mol. The number of benzene rings is 3. The maximum atomic E-state index is 13.3. The van der Waals surface area contributed by atoms with Crippen LogP contribution in [0.15, 0.2) is 65.6 Å². The summed E-state index contributed by atoms with van der Waals surface area (Å²) < 4.78 is 34.8. The second-order valence-electron chi connectivity index (χ2n) is 11.1. The van der Waals surface area contributed by atoms with Gasteiger partial charge in [-0.05, 0) is 93.1 Å². The van der Waals surface area contributed by atoms with Gasteiger partial charge in [-0.15, -0.1) is 0 Å². The Labute approximate surface area is 243 Å². The van der Waals surface area contributed by atoms with E-state index in [2.05, 4.69) is 38.8 Å². The first-order valence-electron chi connectivity index (χ1n) is 14.0. The molecule has 3 aromatic carbocycles. The van der Waals surface area contributed by atoms with Gasteiger partial charge in [-0.2, -0.15) is 0 Å². The quantitative estimate of drug-likeness (QED) is 0.422. The van der Waals surface area contributed by atoms with Crippen molar-refractivity contribution in [1.82, 2.24) is 15.1 Å². The van der Waals surface area contributed by atoms with Crippen molar-refractivity contribution < 1.29 is 17.9 Å². The Morgan fingerprint density at radius 3 is 2.27 bits per heavy atom. The lowest BCUT2D eigenvalue weighted by Crippen LogP contribution is -2.44. The molecule has 2 heterocycles. The molecule has 1 unspecified atom stereocenters. The summed E-state index contributed by atoms with van der Waals surface area (Å²) in [5.74, 6) is 0.647. The molecule has 10 heteroatoms. The van der Waals surface area contributed by atoms with Gasteiger partial charge in [0, 0.05) is 44.3 Å². The highest BCUT2D eigenvalue weighted by Gasteiger charge is 2.23. The lowest BCUT2D eigenvalue weighted by molar-refractivity contribution is 0.0938. The van der Waals surface area contributed by atoms with Crippen LogP contribution < -0.4 is 19.7 Å². The number of piperazine rings is 1. The molecule has 2 aliphatic heterocycles. The van der Waals surface area contributed by atoms with E-state index in [0.717, 1.165) is 68.1 Å². The fraction of sp³-hybridized carbons (Fsp3) is 0.387. The van der Waals surface area contributed by atoms with E-state index in [1.54, 1.807) is 43.5 Å². The summed E-state index contributed by atoms with van der Waals surface area (Å²) in [5.41, 5.74) is 4.76. The second kappa shape index (κ2) is 12.1. The van der Waals surface area contributed by atoms with Crippen LogP contribution in [0.25, 0.3) is 11.1 Å². The van der Waals surface area contributed by atoms with Crippen molar-refractivity contribution in [2.24, 2.45) is 0 Å². The van der Waals surface area contributed by atoms with Crippen LogP contribution in [0.1, 0.15) is 22.3 Å². The molecule has 2 aliphatic rings. The number of carbonyl (C=O) groups is 1. The molecule has 41 heavy (non-hydrogen) atoms. The molecule has 0 saturated carbocycles. The number of amides is 1. The molecule has 0 spiro atoms. The Balaban J connectivity index is 1.29. The van der Waals surface area contributed by atoms with Crippen molar-refractivity contribution in [3.05, 3.63) is 71.8 Å². The first-order valence-corrected chi connectivity index (χ1v) is 15.5. The standard InChI is InChI=1S/C31H39N5O4S/c1-22-19-24(31(37)32-26-13-14-35(3)21-26)7-11-28(22)23-5-9-27(10-6-23)41(38,39)33-25-8-12-30(40-4)29(20-25)36-17-15-34(2)16-18-36/h5-12,19-20,26,33H,13-18,21H2,1-4H3,(H,32,37). The number of sulfonamides is 1. The van der Waals surface area contributed by atoms with Gasteiger partial charge in [0.1, 0.15) is 5.75 Å². The Hall–Kier alpha value is -3.60. The van der Waals surface area contributed by atoms with Gasteiger partial charge in [-0.1, -0.05) is 18.2 Å². The predicted octanol–water partition coefficient (Wildman–Crippen LogP) is 3.66. The summed E-state index contributed by atoms with van der Waals surface area (Å²) in [6.07, 6.45) is 0.958. The van der Waals surface area contributed by atoms with Gasteiger partial charge < -0.3 is 24.8 Å². The minimum absolute atomic E-state index is 0.0678. The summed E-state index contributed by atoms with van der Waals surface area (Å²) in [5, 5.41) is 3.12. The molecule has 1 amide bonds. The lowest BCUT2D eigenvalue weighted by atomic mass is 9.98. The second-order valence-corrected chi connectivity index (χ2v) is 12.7. The summed E-state index contributed by atoms with van der Waals surface area (Å²) in [4.78, 5) is 19.6. The van der Waals surface area contributed by atoms with Gasteiger partial charge in [0.05, 0.1) is 23.4 Å². The van der Waals surface area contributed by atoms with E-state index in [1.807, 2.05) is 31.2 Å². The summed E-state index contributed by atoms with van der Waals surface area (Å²) in [7, 11) is 1.97. The maximum Gasteiger partial charge on any atom is 0.261 e. The van der Waals surface area contributed by atoms with Crippen LogP contribution in [-0.4, -0.2) is 90.6 Å². The largest absolute Gasteiger partial charge is 0.495 e. The monoisotopic (exact) mass is 577 g/mol. The van der Waals surface area contributed by atoms with Gasteiger partial charge in [0.15, 0.2) is 0 Å². The molecular weight excluding hydrogens is 538 g/mol. The molecule has 0 radical (unpaired) electrons. The van der Waals surface area contributed by atoms with Crippen LogP contribution in [0.3, 0.4) is 0 Å². The molecule has 218 valence electrons. The van der Waals surface area contributed by atoms with Crippen molar-refractivity contribution in [3.8, 4) is 16.9 Å². The number of nitrogens with zero attached hydrogens (tertiary/aromatic N) is 3. The van der Waals surface area contributed by atoms with Crippen molar-refractivity contribution in [2.45, 2.75) is 24.3 Å². The van der Waals surface area contributed by atoms with Crippen LogP contribution in [0, 0.1) is 6.92 Å². The zero-order chi connectivity index (χ0) is 29.1. The highest BCUT2D eigenvalue weighted by atomic mass is 32.2. The lowest BCUT2D eigenvalue weighted by Gasteiger charge is -2.35. The number of ether oxygens (including phenoxy) is 1. The minimum atomic E-state index is -3.81. The third-order valence-electron chi connectivity index (χ3n) is 7.97. The third-order valence-corrected chi connectivity index (χ3v) is 9.36. The molecule has 2 saturated heterocycles. The van der Waals surface area contributed by atoms with E-state index in [0.29, 0.717) is 17.0 Å². The molecule has 3 aromatic rings. The van der Waals surface area contributed by atoms with Crippen LogP contribution in [0.5, 0.6) is 5.75 Å². The summed E-state index contributed by atoms with van der Waals surface area (Å²) in [6, 6.07) is 18.0. The van der Waals surface area contributed by atoms with E-state index in [9.17, 15) is 13.2 Å². The minimum Gasteiger partial charge on any atom is -0.495 e. The molecule has 5 rings (SSSR count). The number of anilines is 2. The van der Waals surface area contributed by atoms with Gasteiger partial charge in [-0.25, -0.2) is 8.42 Å². The number of aryl methyl sites for hydroxylation is 1. The van der Waals surface area contributed by atoms with E-state index in [1.165, 1.54) is 0 Å². The molecule has 2 N–H and O–H groups in total. The van der Waals surface area contributed by atoms with E-state index in [4.69, 9.17) is 4.74 Å².